The van der Waals surface area contributed by atoms with Crippen LogP contribution in [-0.4, -0.2) is 31.2 Å². The summed E-state index contributed by atoms with van der Waals surface area (Å²) in [6.45, 7) is 0.919. The van der Waals surface area contributed by atoms with E-state index in [4.69, 9.17) is 4.74 Å². The van der Waals surface area contributed by atoms with Crippen molar-refractivity contribution in [3.05, 3.63) is 23.8 Å². The smallest absolute Gasteiger partial charge is 0.134 e. The van der Waals surface area contributed by atoms with Crippen LogP contribution in [0.3, 0.4) is 0 Å². The zero-order valence-corrected chi connectivity index (χ0v) is 10.2. The van der Waals surface area contributed by atoms with Gasteiger partial charge < -0.3 is 10.1 Å². The number of likely N-dealkylation sites (N-methyl/N-ethyl adjacent to an activating group) is 1. The first-order valence-corrected chi connectivity index (χ1v) is 6.39. The summed E-state index contributed by atoms with van der Waals surface area (Å²) in [5, 5.41) is 3.09. The molecule has 15 heavy (non-hydrogen) atoms. The Labute approximate surface area is 93.3 Å². The zero-order valence-electron chi connectivity index (χ0n) is 9.37. The van der Waals surface area contributed by atoms with Crippen molar-refractivity contribution in [2.24, 2.45) is 0 Å². The molecule has 0 aliphatic rings. The molecule has 3 nitrogen and oxygen atoms in total. The summed E-state index contributed by atoms with van der Waals surface area (Å²) in [5.41, 5.74) is 1.18. The Morgan fingerprint density at radius 3 is 2.73 bits per heavy atom. The van der Waals surface area contributed by atoms with Crippen LogP contribution in [0.1, 0.15) is 5.56 Å². The Balaban J connectivity index is 2.94. The highest BCUT2D eigenvalue weighted by Gasteiger charge is 2.07. The Hall–Kier alpha value is -0.870. The normalized spacial score (nSPS) is 12.5. The van der Waals surface area contributed by atoms with Crippen LogP contribution in [-0.2, 0) is 17.2 Å². The van der Waals surface area contributed by atoms with E-state index < -0.39 is 10.8 Å². The predicted molar refractivity (Wildman–Crippen MR) is 63.0 cm³/mol. The minimum Gasteiger partial charge on any atom is -0.495 e. The molecule has 0 aliphatic carbocycles. The number of hydrogen-bond donors (Lipinski definition) is 1. The molecule has 0 bridgehead atoms. The van der Waals surface area contributed by atoms with Crippen LogP contribution >= 0.6 is 0 Å². The van der Waals surface area contributed by atoms with Gasteiger partial charge >= 0.3 is 0 Å². The summed E-state index contributed by atoms with van der Waals surface area (Å²) in [4.78, 5) is 0.770. The fraction of sp³-hybridized carbons (Fsp3) is 0.455. The van der Waals surface area contributed by atoms with Crippen molar-refractivity contribution in [2.75, 3.05) is 27.0 Å². The van der Waals surface area contributed by atoms with Crippen LogP contribution in [0.25, 0.3) is 0 Å². The first-order valence-electron chi connectivity index (χ1n) is 4.84. The highest BCUT2D eigenvalue weighted by molar-refractivity contribution is 7.84. The summed E-state index contributed by atoms with van der Waals surface area (Å²) in [7, 11) is 2.51. The van der Waals surface area contributed by atoms with Crippen LogP contribution in [0.2, 0.25) is 0 Å². The maximum atomic E-state index is 11.5. The average Bonchev–Trinajstić information content (AvgIpc) is 2.25. The van der Waals surface area contributed by atoms with Crippen molar-refractivity contribution in [1.82, 2.24) is 5.32 Å². The van der Waals surface area contributed by atoms with Gasteiger partial charge in [-0.3, -0.25) is 4.21 Å². The molecule has 0 saturated heterocycles. The fourth-order valence-electron chi connectivity index (χ4n) is 1.37. The summed E-state index contributed by atoms with van der Waals surface area (Å²) >= 11 is 0. The maximum absolute atomic E-state index is 11.5. The monoisotopic (exact) mass is 227 g/mol. The molecule has 1 N–H and O–H groups in total. The molecular formula is C11H17NO2S. The van der Waals surface area contributed by atoms with E-state index in [0.29, 0.717) is 5.75 Å². The minimum absolute atomic E-state index is 0.698. The lowest BCUT2D eigenvalue weighted by molar-refractivity contribution is 0.404. The van der Waals surface area contributed by atoms with Crippen LogP contribution in [0, 0.1) is 0 Å². The molecule has 0 heterocycles. The largest absolute Gasteiger partial charge is 0.495 e. The van der Waals surface area contributed by atoms with Gasteiger partial charge in [-0.05, 0) is 37.7 Å². The number of rotatable bonds is 5. The third kappa shape index (κ3) is 3.32. The van der Waals surface area contributed by atoms with E-state index in [2.05, 4.69) is 5.32 Å². The first-order chi connectivity index (χ1) is 7.19. The van der Waals surface area contributed by atoms with Crippen LogP contribution < -0.4 is 10.1 Å². The van der Waals surface area contributed by atoms with Crippen molar-refractivity contribution in [3.63, 3.8) is 0 Å². The van der Waals surface area contributed by atoms with Gasteiger partial charge in [0.2, 0.25) is 0 Å². The van der Waals surface area contributed by atoms with Crippen molar-refractivity contribution in [3.8, 4) is 5.75 Å². The maximum Gasteiger partial charge on any atom is 0.134 e. The SMILES string of the molecule is CNCCc1ccc(OC)c(S(C)=O)c1. The summed E-state index contributed by atoms with van der Waals surface area (Å²) < 4.78 is 16.6. The second-order valence-electron chi connectivity index (χ2n) is 3.29. The van der Waals surface area contributed by atoms with E-state index in [9.17, 15) is 4.21 Å². The third-order valence-corrected chi connectivity index (χ3v) is 3.14. The number of hydrogen-bond acceptors (Lipinski definition) is 3. The van der Waals surface area contributed by atoms with E-state index in [1.807, 2.05) is 25.2 Å². The van der Waals surface area contributed by atoms with Crippen molar-refractivity contribution in [1.29, 1.82) is 0 Å². The molecule has 4 heteroatoms. The quantitative estimate of drug-likeness (QED) is 0.821. The van der Waals surface area contributed by atoms with Gasteiger partial charge in [0.1, 0.15) is 5.75 Å². The topological polar surface area (TPSA) is 38.3 Å². The predicted octanol–water partition coefficient (Wildman–Crippen LogP) is 1.19. The molecule has 0 aromatic heterocycles. The Kier molecular flexibility index (Phi) is 4.78. The molecule has 1 aromatic rings. The highest BCUT2D eigenvalue weighted by atomic mass is 32.2. The van der Waals surface area contributed by atoms with Gasteiger partial charge in [-0.25, -0.2) is 0 Å². The van der Waals surface area contributed by atoms with E-state index in [0.717, 1.165) is 17.9 Å². The summed E-state index contributed by atoms with van der Waals surface area (Å²) in [6.07, 6.45) is 2.60. The molecular weight excluding hydrogens is 210 g/mol. The molecule has 1 unspecified atom stereocenters. The number of nitrogens with one attached hydrogen (secondary N) is 1. The molecule has 0 radical (unpaired) electrons. The lowest BCUT2D eigenvalue weighted by atomic mass is 10.1. The molecule has 0 spiro atoms. The summed E-state index contributed by atoms with van der Waals surface area (Å²) in [5.74, 6) is 0.698. The minimum atomic E-state index is -1.00. The van der Waals surface area contributed by atoms with Gasteiger partial charge in [-0.2, -0.15) is 0 Å². The van der Waals surface area contributed by atoms with Gasteiger partial charge in [0.05, 0.1) is 22.8 Å². The van der Waals surface area contributed by atoms with Crippen LogP contribution in [0.4, 0.5) is 0 Å². The van der Waals surface area contributed by atoms with Crippen molar-refractivity contribution < 1.29 is 8.95 Å². The molecule has 84 valence electrons. The lowest BCUT2D eigenvalue weighted by Gasteiger charge is -2.08. The molecule has 0 aliphatic heterocycles. The number of ether oxygens (including phenoxy) is 1. The van der Waals surface area contributed by atoms with Gasteiger partial charge in [0, 0.05) is 6.26 Å². The Bertz CT molecular complexity index is 352. The standard InChI is InChI=1S/C11H17NO2S/c1-12-7-6-9-4-5-10(14-2)11(8-9)15(3)13/h4-5,8,12H,6-7H2,1-3H3. The fourth-order valence-corrected chi connectivity index (χ4v) is 2.12. The molecule has 1 atom stereocenters. The number of methoxy groups -OCH3 is 1. The van der Waals surface area contributed by atoms with Gasteiger partial charge in [-0.1, -0.05) is 6.07 Å². The molecule has 0 saturated carbocycles. The van der Waals surface area contributed by atoms with Gasteiger partial charge in [-0.15, -0.1) is 0 Å². The van der Waals surface area contributed by atoms with E-state index in [-0.39, 0.29) is 0 Å². The Morgan fingerprint density at radius 2 is 2.20 bits per heavy atom. The zero-order chi connectivity index (χ0) is 11.3. The summed E-state index contributed by atoms with van der Waals surface area (Å²) in [6, 6.07) is 5.83. The lowest BCUT2D eigenvalue weighted by Crippen LogP contribution is -2.10. The third-order valence-electron chi connectivity index (χ3n) is 2.20. The molecule has 0 fully saturated rings. The van der Waals surface area contributed by atoms with E-state index >= 15 is 0 Å². The van der Waals surface area contributed by atoms with E-state index in [1.54, 1.807) is 13.4 Å². The molecule has 0 amide bonds. The molecule has 1 aromatic carbocycles. The van der Waals surface area contributed by atoms with E-state index in [1.165, 1.54) is 5.56 Å². The highest BCUT2D eigenvalue weighted by Crippen LogP contribution is 2.22. The van der Waals surface area contributed by atoms with Crippen LogP contribution in [0.5, 0.6) is 5.75 Å². The first kappa shape index (κ1) is 12.2. The van der Waals surface area contributed by atoms with Gasteiger partial charge in [0.15, 0.2) is 0 Å². The second kappa shape index (κ2) is 5.88. The van der Waals surface area contributed by atoms with Gasteiger partial charge in [0.25, 0.3) is 0 Å². The van der Waals surface area contributed by atoms with Crippen molar-refractivity contribution in [2.45, 2.75) is 11.3 Å². The van der Waals surface area contributed by atoms with Crippen molar-refractivity contribution >= 4 is 10.8 Å². The number of benzene rings is 1. The molecule has 1 rings (SSSR count). The Morgan fingerprint density at radius 1 is 1.47 bits per heavy atom. The average molecular weight is 227 g/mol. The van der Waals surface area contributed by atoms with Crippen LogP contribution in [0.15, 0.2) is 23.1 Å². The second-order valence-corrected chi connectivity index (χ2v) is 4.64.